The molecule has 1 heterocycles. The third kappa shape index (κ3) is 3.67. The van der Waals surface area contributed by atoms with E-state index in [0.29, 0.717) is 11.4 Å². The predicted octanol–water partition coefficient (Wildman–Crippen LogP) is 3.24. The normalized spacial score (nSPS) is 15.8. The molecule has 0 unspecified atom stereocenters. The number of phenols is 1. The molecule has 0 radical (unpaired) electrons. The number of nitro benzene ring substituents is 1. The summed E-state index contributed by atoms with van der Waals surface area (Å²) in [7, 11) is -4.31. The van der Waals surface area contributed by atoms with Gasteiger partial charge in [0.05, 0.1) is 10.3 Å². The Morgan fingerprint density at radius 2 is 1.86 bits per heavy atom. The van der Waals surface area contributed by atoms with Crippen LogP contribution in [0.5, 0.6) is 5.75 Å². The molecule has 3 rings (SSSR count). The molecule has 0 atom stereocenters. The van der Waals surface area contributed by atoms with Crippen molar-refractivity contribution in [3.63, 3.8) is 0 Å². The van der Waals surface area contributed by atoms with Gasteiger partial charge in [-0.05, 0) is 26.0 Å². The summed E-state index contributed by atoms with van der Waals surface area (Å²) in [6.07, 6.45) is 3.09. The summed E-state index contributed by atoms with van der Waals surface area (Å²) in [5.41, 5.74) is 1.55. The van der Waals surface area contributed by atoms with Crippen molar-refractivity contribution in [2.24, 2.45) is 0 Å². The number of nitrogens with zero attached hydrogens (tertiary/aromatic N) is 2. The summed E-state index contributed by atoms with van der Waals surface area (Å²) < 4.78 is 34.0. The summed E-state index contributed by atoms with van der Waals surface area (Å²) in [4.78, 5) is 10.4. The number of allylic oxidation sites excluding steroid dienone is 1. The van der Waals surface area contributed by atoms with Crippen LogP contribution >= 0.6 is 0 Å². The Morgan fingerprint density at radius 1 is 1.18 bits per heavy atom. The first-order valence-electron chi connectivity index (χ1n) is 8.36. The van der Waals surface area contributed by atoms with Crippen molar-refractivity contribution in [1.82, 2.24) is 0 Å². The standard InChI is InChI=1S/C19H18N2O6S/c1-19(2)15-5-3-4-6-16(15)20(12-28(25,26)27)18(19)10-7-13-11-14(21(23)24)8-9-17(13)22/h3-11H,12H2,1-2H3,(H,25,26,27)/p+1. The molecule has 0 amide bonds. The molecule has 0 aromatic heterocycles. The van der Waals surface area contributed by atoms with Crippen LogP contribution in [0.15, 0.2) is 48.5 Å². The number of rotatable bonds is 5. The van der Waals surface area contributed by atoms with Gasteiger partial charge in [0.1, 0.15) is 5.75 Å². The number of aromatic hydroxyl groups is 1. The highest BCUT2D eigenvalue weighted by Crippen LogP contribution is 2.40. The molecule has 1 aliphatic rings. The maximum atomic E-state index is 11.6. The lowest BCUT2D eigenvalue weighted by atomic mass is 9.81. The number of non-ortho nitro benzene ring substituents is 1. The fourth-order valence-corrected chi connectivity index (χ4v) is 4.01. The van der Waals surface area contributed by atoms with Gasteiger partial charge in [0.15, 0.2) is 5.71 Å². The van der Waals surface area contributed by atoms with Crippen LogP contribution in [0.4, 0.5) is 11.4 Å². The zero-order valence-corrected chi connectivity index (χ0v) is 16.0. The highest BCUT2D eigenvalue weighted by molar-refractivity contribution is 7.85. The van der Waals surface area contributed by atoms with Crippen LogP contribution in [0.1, 0.15) is 25.0 Å². The molecule has 0 spiro atoms. The lowest BCUT2D eigenvalue weighted by Gasteiger charge is -2.15. The number of fused-ring (bicyclic) bond motifs is 1. The van der Waals surface area contributed by atoms with Crippen LogP contribution in [0.3, 0.4) is 0 Å². The van der Waals surface area contributed by atoms with Crippen molar-refractivity contribution in [2.75, 3.05) is 5.88 Å². The van der Waals surface area contributed by atoms with Crippen molar-refractivity contribution in [2.45, 2.75) is 19.3 Å². The van der Waals surface area contributed by atoms with E-state index in [4.69, 9.17) is 0 Å². The molecular weight excluding hydrogens is 384 g/mol. The van der Waals surface area contributed by atoms with Gasteiger partial charge < -0.3 is 5.11 Å². The third-order valence-corrected chi connectivity index (χ3v) is 5.32. The molecule has 0 saturated heterocycles. The Labute approximate surface area is 162 Å². The molecule has 0 bridgehead atoms. The Hall–Kier alpha value is -3.04. The van der Waals surface area contributed by atoms with Gasteiger partial charge in [-0.1, -0.05) is 18.2 Å². The monoisotopic (exact) mass is 403 g/mol. The van der Waals surface area contributed by atoms with Crippen molar-refractivity contribution in [1.29, 1.82) is 0 Å². The van der Waals surface area contributed by atoms with Crippen molar-refractivity contribution in [3.05, 3.63) is 69.8 Å². The summed E-state index contributed by atoms with van der Waals surface area (Å²) in [5, 5.41) is 21.0. The first kappa shape index (κ1) is 19.7. The summed E-state index contributed by atoms with van der Waals surface area (Å²) in [6, 6.07) is 10.9. The van der Waals surface area contributed by atoms with E-state index in [-0.39, 0.29) is 17.0 Å². The van der Waals surface area contributed by atoms with Crippen LogP contribution in [0, 0.1) is 10.1 Å². The Balaban J connectivity index is 2.15. The summed E-state index contributed by atoms with van der Waals surface area (Å²) in [6.45, 7) is 3.81. The van der Waals surface area contributed by atoms with Gasteiger partial charge in [-0.3, -0.25) is 14.7 Å². The average molecular weight is 403 g/mol. The first-order valence-corrected chi connectivity index (χ1v) is 9.97. The topological polar surface area (TPSA) is 121 Å². The molecule has 0 saturated carbocycles. The van der Waals surface area contributed by atoms with Crippen LogP contribution < -0.4 is 0 Å². The minimum absolute atomic E-state index is 0.142. The second-order valence-electron chi connectivity index (χ2n) is 7.00. The maximum absolute atomic E-state index is 11.6. The van der Waals surface area contributed by atoms with Crippen LogP contribution in [0.25, 0.3) is 6.08 Å². The van der Waals surface area contributed by atoms with E-state index in [1.54, 1.807) is 18.2 Å². The van der Waals surface area contributed by atoms with E-state index < -0.39 is 26.3 Å². The molecule has 9 heteroatoms. The van der Waals surface area contributed by atoms with Crippen LogP contribution in [-0.4, -0.2) is 39.2 Å². The van der Waals surface area contributed by atoms with Gasteiger partial charge in [-0.25, -0.2) is 0 Å². The highest BCUT2D eigenvalue weighted by Gasteiger charge is 2.45. The molecule has 2 N–H and O–H groups in total. The first-order chi connectivity index (χ1) is 13.0. The van der Waals surface area contributed by atoms with E-state index >= 15 is 0 Å². The third-order valence-electron chi connectivity index (χ3n) is 4.73. The van der Waals surface area contributed by atoms with Gasteiger partial charge in [0, 0.05) is 35.4 Å². The van der Waals surface area contributed by atoms with Gasteiger partial charge >= 0.3 is 10.1 Å². The van der Waals surface area contributed by atoms with Gasteiger partial charge in [-0.15, -0.1) is 0 Å². The molecular formula is C19H19N2O6S+. The fraction of sp³-hybridized carbons (Fsp3) is 0.211. The van der Waals surface area contributed by atoms with Crippen molar-refractivity contribution in [3.8, 4) is 5.75 Å². The summed E-state index contributed by atoms with van der Waals surface area (Å²) in [5.74, 6) is -0.772. The van der Waals surface area contributed by atoms with E-state index in [1.165, 1.54) is 28.9 Å². The Bertz CT molecular complexity index is 1130. The largest absolute Gasteiger partial charge is 0.507 e. The fourth-order valence-electron chi connectivity index (χ4n) is 3.40. The van der Waals surface area contributed by atoms with E-state index in [9.17, 15) is 28.2 Å². The zero-order valence-electron chi connectivity index (χ0n) is 15.2. The Kier molecular flexibility index (Phi) is 4.82. The number of nitro groups is 1. The second-order valence-corrected chi connectivity index (χ2v) is 8.42. The smallest absolute Gasteiger partial charge is 0.326 e. The average Bonchev–Trinajstić information content (AvgIpc) is 2.80. The molecule has 0 fully saturated rings. The van der Waals surface area contributed by atoms with E-state index in [1.807, 2.05) is 26.0 Å². The van der Waals surface area contributed by atoms with Crippen LogP contribution in [-0.2, 0) is 15.5 Å². The second kappa shape index (κ2) is 6.84. The van der Waals surface area contributed by atoms with Crippen LogP contribution in [0.2, 0.25) is 0 Å². The highest BCUT2D eigenvalue weighted by atomic mass is 32.2. The maximum Gasteiger partial charge on any atom is 0.326 e. The minimum atomic E-state index is -4.31. The van der Waals surface area contributed by atoms with E-state index in [2.05, 4.69) is 0 Å². The molecule has 2 aromatic rings. The van der Waals surface area contributed by atoms with Gasteiger partial charge in [-0.2, -0.15) is 13.0 Å². The van der Waals surface area contributed by atoms with Gasteiger partial charge in [0.2, 0.25) is 5.69 Å². The predicted molar refractivity (Wildman–Crippen MR) is 105 cm³/mol. The molecule has 2 aromatic carbocycles. The van der Waals surface area contributed by atoms with E-state index in [0.717, 1.165) is 5.56 Å². The molecule has 146 valence electrons. The molecule has 1 aliphatic heterocycles. The minimum Gasteiger partial charge on any atom is -0.507 e. The number of phenolic OH excluding ortho intramolecular Hbond substituents is 1. The Morgan fingerprint density at radius 3 is 2.50 bits per heavy atom. The summed E-state index contributed by atoms with van der Waals surface area (Å²) >= 11 is 0. The van der Waals surface area contributed by atoms with Crippen molar-refractivity contribution >= 4 is 33.3 Å². The van der Waals surface area contributed by atoms with Gasteiger partial charge in [0.25, 0.3) is 11.6 Å². The molecule has 0 aliphatic carbocycles. The SMILES string of the molecule is CC1(C)C(/C=C/c2cc([N+](=O)[O-])ccc2O)=[N+](CS(=O)(=O)O)c2ccccc21. The molecule has 28 heavy (non-hydrogen) atoms. The lowest BCUT2D eigenvalue weighted by Crippen LogP contribution is -2.29. The number of para-hydroxylation sites is 1. The number of hydrogen-bond acceptors (Lipinski definition) is 5. The van der Waals surface area contributed by atoms with Crippen molar-refractivity contribution < 1.29 is 27.6 Å². The lowest BCUT2D eigenvalue weighted by molar-refractivity contribution is -0.415. The number of benzene rings is 2. The zero-order chi connectivity index (χ0) is 20.7. The number of hydrogen-bond donors (Lipinski definition) is 2. The molecule has 8 nitrogen and oxygen atoms in total. The quantitative estimate of drug-likeness (QED) is 0.342.